The Morgan fingerprint density at radius 1 is 1.38 bits per heavy atom. The van der Waals surface area contributed by atoms with Crippen LogP contribution < -0.4 is 10.5 Å². The molecule has 0 aliphatic heterocycles. The van der Waals surface area contributed by atoms with Gasteiger partial charge in [0.15, 0.2) is 5.82 Å². The van der Waals surface area contributed by atoms with E-state index in [1.54, 1.807) is 7.11 Å². The summed E-state index contributed by atoms with van der Waals surface area (Å²) in [4.78, 5) is 4.35. The summed E-state index contributed by atoms with van der Waals surface area (Å²) < 4.78 is 16.0. The maximum Gasteiger partial charge on any atom is 0.261 e. The van der Waals surface area contributed by atoms with Gasteiger partial charge in [-0.25, -0.2) is 0 Å². The molecule has 0 radical (unpaired) electrons. The standard InChI is InChI=1S/C15H21N3O3/c1-4-7-20-9-12(16)14-17-15(21-18-14)11-8-10(2)5-6-13(11)19-3/h5-6,8,12H,4,7,9,16H2,1-3H3. The SMILES string of the molecule is CCCOCC(N)c1noc(-c2cc(C)ccc2OC)n1. The number of rotatable bonds is 7. The van der Waals surface area contributed by atoms with Gasteiger partial charge in [-0.05, 0) is 25.5 Å². The van der Waals surface area contributed by atoms with Gasteiger partial charge in [0.1, 0.15) is 5.75 Å². The van der Waals surface area contributed by atoms with Crippen LogP contribution in [0.15, 0.2) is 22.7 Å². The van der Waals surface area contributed by atoms with Crippen molar-refractivity contribution in [1.82, 2.24) is 10.1 Å². The summed E-state index contributed by atoms with van der Waals surface area (Å²) in [6.45, 7) is 5.08. The molecule has 1 atom stereocenters. The Morgan fingerprint density at radius 3 is 2.90 bits per heavy atom. The Labute approximate surface area is 124 Å². The monoisotopic (exact) mass is 291 g/mol. The second-order valence-corrected chi connectivity index (χ2v) is 4.84. The minimum atomic E-state index is -0.398. The van der Waals surface area contributed by atoms with Crippen LogP contribution in [0.1, 0.15) is 30.8 Å². The zero-order valence-electron chi connectivity index (χ0n) is 12.6. The van der Waals surface area contributed by atoms with E-state index >= 15 is 0 Å². The Bertz CT molecular complexity index is 583. The molecule has 0 aliphatic rings. The van der Waals surface area contributed by atoms with Crippen LogP contribution in [0.2, 0.25) is 0 Å². The number of ether oxygens (including phenoxy) is 2. The molecule has 2 rings (SSSR count). The van der Waals surface area contributed by atoms with Gasteiger partial charge in [0.2, 0.25) is 0 Å². The second kappa shape index (κ2) is 7.19. The van der Waals surface area contributed by atoms with Crippen molar-refractivity contribution >= 4 is 0 Å². The number of benzene rings is 1. The molecule has 0 amide bonds. The highest BCUT2D eigenvalue weighted by Gasteiger charge is 2.18. The molecule has 21 heavy (non-hydrogen) atoms. The Kier molecular flexibility index (Phi) is 5.30. The first-order chi connectivity index (χ1) is 10.2. The van der Waals surface area contributed by atoms with Crippen LogP contribution in [0.3, 0.4) is 0 Å². The minimum Gasteiger partial charge on any atom is -0.496 e. The number of aromatic nitrogens is 2. The van der Waals surface area contributed by atoms with Crippen LogP contribution in [-0.2, 0) is 4.74 Å². The third-order valence-electron chi connectivity index (χ3n) is 3.00. The van der Waals surface area contributed by atoms with Crippen LogP contribution in [-0.4, -0.2) is 30.5 Å². The van der Waals surface area contributed by atoms with Crippen molar-refractivity contribution in [2.75, 3.05) is 20.3 Å². The van der Waals surface area contributed by atoms with Crippen molar-refractivity contribution in [2.24, 2.45) is 5.73 Å². The fourth-order valence-corrected chi connectivity index (χ4v) is 1.91. The molecule has 6 nitrogen and oxygen atoms in total. The highest BCUT2D eigenvalue weighted by atomic mass is 16.5. The smallest absolute Gasteiger partial charge is 0.261 e. The maximum atomic E-state index is 5.99. The quantitative estimate of drug-likeness (QED) is 0.789. The van der Waals surface area contributed by atoms with Crippen molar-refractivity contribution in [3.8, 4) is 17.2 Å². The van der Waals surface area contributed by atoms with Gasteiger partial charge in [-0.2, -0.15) is 4.98 Å². The minimum absolute atomic E-state index is 0.373. The lowest BCUT2D eigenvalue weighted by atomic mass is 10.1. The summed E-state index contributed by atoms with van der Waals surface area (Å²) >= 11 is 0. The van der Waals surface area contributed by atoms with Crippen molar-refractivity contribution in [3.63, 3.8) is 0 Å². The zero-order valence-corrected chi connectivity index (χ0v) is 12.6. The van der Waals surface area contributed by atoms with Crippen LogP contribution in [0.5, 0.6) is 5.75 Å². The lowest BCUT2D eigenvalue weighted by molar-refractivity contribution is 0.119. The van der Waals surface area contributed by atoms with Gasteiger partial charge in [-0.1, -0.05) is 23.7 Å². The average molecular weight is 291 g/mol. The molecule has 1 unspecified atom stereocenters. The van der Waals surface area contributed by atoms with Crippen LogP contribution in [0.4, 0.5) is 0 Å². The van der Waals surface area contributed by atoms with Gasteiger partial charge in [0.25, 0.3) is 5.89 Å². The summed E-state index contributed by atoms with van der Waals surface area (Å²) in [5.41, 5.74) is 7.83. The van der Waals surface area contributed by atoms with Crippen molar-refractivity contribution < 1.29 is 14.0 Å². The highest BCUT2D eigenvalue weighted by molar-refractivity contribution is 5.63. The molecule has 2 aromatic rings. The summed E-state index contributed by atoms with van der Waals surface area (Å²) in [5, 5.41) is 3.93. The van der Waals surface area contributed by atoms with E-state index in [9.17, 15) is 0 Å². The second-order valence-electron chi connectivity index (χ2n) is 4.84. The Balaban J connectivity index is 2.18. The maximum absolute atomic E-state index is 5.99. The predicted octanol–water partition coefficient (Wildman–Crippen LogP) is 2.48. The molecule has 0 saturated carbocycles. The van der Waals surface area contributed by atoms with E-state index in [1.165, 1.54) is 0 Å². The Hall–Kier alpha value is -1.92. The van der Waals surface area contributed by atoms with E-state index in [0.29, 0.717) is 30.7 Å². The van der Waals surface area contributed by atoms with Gasteiger partial charge < -0.3 is 19.7 Å². The molecule has 1 aromatic heterocycles. The van der Waals surface area contributed by atoms with Gasteiger partial charge in [0, 0.05) is 6.61 Å². The fourth-order valence-electron chi connectivity index (χ4n) is 1.91. The van der Waals surface area contributed by atoms with Gasteiger partial charge in [-0.3, -0.25) is 0 Å². The molecule has 0 saturated heterocycles. The fraction of sp³-hybridized carbons (Fsp3) is 0.467. The number of nitrogens with two attached hydrogens (primary N) is 1. The topological polar surface area (TPSA) is 83.4 Å². The first kappa shape index (κ1) is 15.5. The normalized spacial score (nSPS) is 12.4. The van der Waals surface area contributed by atoms with Gasteiger partial charge >= 0.3 is 0 Å². The highest BCUT2D eigenvalue weighted by Crippen LogP contribution is 2.30. The lowest BCUT2D eigenvalue weighted by Gasteiger charge is -2.07. The zero-order chi connectivity index (χ0) is 15.2. The summed E-state index contributed by atoms with van der Waals surface area (Å²) in [6, 6.07) is 5.38. The van der Waals surface area contributed by atoms with Crippen molar-refractivity contribution in [3.05, 3.63) is 29.6 Å². The summed E-state index contributed by atoms with van der Waals surface area (Å²) in [5.74, 6) is 1.52. The lowest BCUT2D eigenvalue weighted by Crippen LogP contribution is -2.18. The third-order valence-corrected chi connectivity index (χ3v) is 3.00. The van der Waals surface area contributed by atoms with E-state index in [2.05, 4.69) is 10.1 Å². The molecule has 0 fully saturated rings. The van der Waals surface area contributed by atoms with Crippen LogP contribution in [0.25, 0.3) is 11.5 Å². The largest absolute Gasteiger partial charge is 0.496 e. The molecular weight excluding hydrogens is 270 g/mol. The van der Waals surface area contributed by atoms with E-state index in [4.69, 9.17) is 19.7 Å². The third kappa shape index (κ3) is 3.80. The molecule has 0 bridgehead atoms. The molecule has 0 spiro atoms. The molecule has 1 heterocycles. The van der Waals surface area contributed by atoms with Crippen molar-refractivity contribution in [1.29, 1.82) is 0 Å². The average Bonchev–Trinajstić information content (AvgIpc) is 2.97. The Morgan fingerprint density at radius 2 is 2.19 bits per heavy atom. The van der Waals surface area contributed by atoms with Crippen LogP contribution in [0, 0.1) is 6.92 Å². The summed E-state index contributed by atoms with van der Waals surface area (Å²) in [7, 11) is 1.61. The number of hydrogen-bond donors (Lipinski definition) is 1. The van der Waals surface area contributed by atoms with E-state index in [-0.39, 0.29) is 0 Å². The predicted molar refractivity (Wildman–Crippen MR) is 79.1 cm³/mol. The van der Waals surface area contributed by atoms with E-state index < -0.39 is 6.04 Å². The summed E-state index contributed by atoms with van der Waals surface area (Å²) in [6.07, 6.45) is 0.949. The van der Waals surface area contributed by atoms with Crippen LogP contribution >= 0.6 is 0 Å². The molecular formula is C15H21N3O3. The number of methoxy groups -OCH3 is 1. The molecule has 0 aliphatic carbocycles. The number of nitrogens with zero attached hydrogens (tertiary/aromatic N) is 2. The molecule has 1 aromatic carbocycles. The molecule has 114 valence electrons. The van der Waals surface area contributed by atoms with Gasteiger partial charge in [-0.15, -0.1) is 0 Å². The number of hydrogen-bond acceptors (Lipinski definition) is 6. The van der Waals surface area contributed by atoms with Crippen molar-refractivity contribution in [2.45, 2.75) is 26.3 Å². The van der Waals surface area contributed by atoms with E-state index in [0.717, 1.165) is 17.5 Å². The first-order valence-electron chi connectivity index (χ1n) is 6.97. The number of aryl methyl sites for hydroxylation is 1. The van der Waals surface area contributed by atoms with Gasteiger partial charge in [0.05, 0.1) is 25.3 Å². The molecule has 6 heteroatoms. The first-order valence-corrected chi connectivity index (χ1v) is 6.97. The molecule has 2 N–H and O–H groups in total. The van der Waals surface area contributed by atoms with E-state index in [1.807, 2.05) is 32.0 Å².